The molecule has 2 N–H and O–H groups in total. The van der Waals surface area contributed by atoms with Crippen LogP contribution in [0.4, 0.5) is 5.69 Å². The van der Waals surface area contributed by atoms with Crippen molar-refractivity contribution in [1.29, 1.82) is 0 Å². The number of anilines is 1. The van der Waals surface area contributed by atoms with Gasteiger partial charge in [-0.05, 0) is 93.9 Å². The quantitative estimate of drug-likeness (QED) is 0.320. The molecule has 1 aliphatic heterocycles. The summed E-state index contributed by atoms with van der Waals surface area (Å²) in [6.07, 6.45) is 1.56. The van der Waals surface area contributed by atoms with Crippen molar-refractivity contribution >= 4 is 46.9 Å². The van der Waals surface area contributed by atoms with Gasteiger partial charge in [0.05, 0.1) is 11.3 Å². The molecule has 35 heavy (non-hydrogen) atoms. The monoisotopic (exact) mass is 487 g/mol. The molecule has 4 rings (SSSR count). The summed E-state index contributed by atoms with van der Waals surface area (Å²) in [5.74, 6) is -2.06. The fourth-order valence-electron chi connectivity index (χ4n) is 4.49. The smallest absolute Gasteiger partial charge is 0.336 e. The van der Waals surface area contributed by atoms with Crippen LogP contribution in [-0.4, -0.2) is 32.6 Å². The summed E-state index contributed by atoms with van der Waals surface area (Å²) in [7, 11) is 0. The van der Waals surface area contributed by atoms with Crippen LogP contribution in [0.25, 0.3) is 11.8 Å². The van der Waals surface area contributed by atoms with Crippen LogP contribution in [0, 0.1) is 34.6 Å². The highest BCUT2D eigenvalue weighted by molar-refractivity contribution is 7.80. The van der Waals surface area contributed by atoms with Gasteiger partial charge < -0.3 is 9.67 Å². The number of aromatic nitrogens is 1. The zero-order valence-electron chi connectivity index (χ0n) is 20.1. The van der Waals surface area contributed by atoms with E-state index in [1.807, 2.05) is 62.6 Å². The zero-order valence-corrected chi connectivity index (χ0v) is 20.9. The molecular formula is C27H25N3O4S. The number of aromatic carboxylic acids is 1. The van der Waals surface area contributed by atoms with Gasteiger partial charge in [0, 0.05) is 17.1 Å². The Balaban J connectivity index is 1.81. The van der Waals surface area contributed by atoms with E-state index in [1.165, 1.54) is 4.90 Å². The van der Waals surface area contributed by atoms with Crippen molar-refractivity contribution < 1.29 is 19.5 Å². The van der Waals surface area contributed by atoms with Crippen LogP contribution in [0.5, 0.6) is 0 Å². The molecule has 178 valence electrons. The molecule has 0 aliphatic carbocycles. The minimum absolute atomic E-state index is 0.0326. The number of hydrogen-bond acceptors (Lipinski definition) is 4. The van der Waals surface area contributed by atoms with Crippen molar-refractivity contribution in [3.8, 4) is 5.69 Å². The topological polar surface area (TPSA) is 91.6 Å². The Morgan fingerprint density at radius 3 is 2.37 bits per heavy atom. The van der Waals surface area contributed by atoms with Crippen LogP contribution in [-0.2, 0) is 9.59 Å². The average Bonchev–Trinajstić information content (AvgIpc) is 3.05. The van der Waals surface area contributed by atoms with Gasteiger partial charge in [0.15, 0.2) is 5.11 Å². The van der Waals surface area contributed by atoms with Crippen molar-refractivity contribution in [3.63, 3.8) is 0 Å². The van der Waals surface area contributed by atoms with Gasteiger partial charge in [0.1, 0.15) is 5.57 Å². The van der Waals surface area contributed by atoms with E-state index in [0.717, 1.165) is 28.2 Å². The summed E-state index contributed by atoms with van der Waals surface area (Å²) < 4.78 is 1.92. The lowest BCUT2D eigenvalue weighted by Gasteiger charge is -2.30. The number of benzene rings is 2. The van der Waals surface area contributed by atoms with Gasteiger partial charge in [0.2, 0.25) is 0 Å². The fourth-order valence-corrected chi connectivity index (χ4v) is 4.76. The van der Waals surface area contributed by atoms with Crippen molar-refractivity contribution in [2.45, 2.75) is 34.6 Å². The molecule has 2 heterocycles. The number of carboxylic acid groups (broad SMARTS) is 1. The first kappa shape index (κ1) is 24.1. The van der Waals surface area contributed by atoms with E-state index in [0.29, 0.717) is 16.8 Å². The normalized spacial score (nSPS) is 15.1. The molecule has 1 saturated heterocycles. The molecule has 1 aromatic heterocycles. The number of thiocarbonyl (C=S) groups is 1. The van der Waals surface area contributed by atoms with Crippen molar-refractivity contribution in [1.82, 2.24) is 9.88 Å². The van der Waals surface area contributed by atoms with E-state index < -0.39 is 17.8 Å². The third-order valence-electron chi connectivity index (χ3n) is 6.24. The third kappa shape index (κ3) is 4.17. The molecule has 3 aromatic rings. The number of carbonyl (C=O) groups is 3. The second-order valence-electron chi connectivity index (χ2n) is 8.66. The van der Waals surface area contributed by atoms with E-state index in [2.05, 4.69) is 5.32 Å². The van der Waals surface area contributed by atoms with E-state index in [4.69, 9.17) is 12.2 Å². The highest BCUT2D eigenvalue weighted by atomic mass is 32.1. The lowest BCUT2D eigenvalue weighted by atomic mass is 10.0. The minimum atomic E-state index is -0.999. The summed E-state index contributed by atoms with van der Waals surface area (Å²) >= 11 is 5.33. The highest BCUT2D eigenvalue weighted by Gasteiger charge is 2.35. The zero-order chi connectivity index (χ0) is 25.6. The maximum Gasteiger partial charge on any atom is 0.336 e. The molecule has 1 aliphatic rings. The number of hydrogen-bond donors (Lipinski definition) is 2. The number of carbonyl (C=O) groups excluding carboxylic acids is 2. The second-order valence-corrected chi connectivity index (χ2v) is 9.05. The summed E-state index contributed by atoms with van der Waals surface area (Å²) in [5.41, 5.74) is 6.35. The molecular weight excluding hydrogens is 462 g/mol. The number of rotatable bonds is 4. The fraction of sp³-hybridized carbons (Fsp3) is 0.185. The number of nitrogens with one attached hydrogen (secondary N) is 1. The summed E-state index contributed by atoms with van der Waals surface area (Å²) in [4.78, 5) is 39.2. The predicted molar refractivity (Wildman–Crippen MR) is 139 cm³/mol. The van der Waals surface area contributed by atoms with Crippen LogP contribution >= 0.6 is 12.2 Å². The van der Waals surface area contributed by atoms with E-state index in [-0.39, 0.29) is 16.2 Å². The van der Waals surface area contributed by atoms with Crippen LogP contribution < -0.4 is 10.2 Å². The third-order valence-corrected chi connectivity index (χ3v) is 6.53. The first-order chi connectivity index (χ1) is 16.5. The van der Waals surface area contributed by atoms with Gasteiger partial charge in [-0.25, -0.2) is 4.79 Å². The van der Waals surface area contributed by atoms with E-state index in [9.17, 15) is 19.5 Å². The molecule has 8 heteroatoms. The van der Waals surface area contributed by atoms with Gasteiger partial charge in [0.25, 0.3) is 11.8 Å². The van der Waals surface area contributed by atoms with Crippen molar-refractivity contribution in [2.24, 2.45) is 0 Å². The van der Waals surface area contributed by atoms with Crippen LogP contribution in [0.1, 0.15) is 44.0 Å². The van der Waals surface area contributed by atoms with Gasteiger partial charge in [-0.15, -0.1) is 0 Å². The lowest BCUT2D eigenvalue weighted by Crippen LogP contribution is -2.54. The molecule has 0 radical (unpaired) electrons. The molecule has 2 amide bonds. The van der Waals surface area contributed by atoms with Gasteiger partial charge in [-0.2, -0.15) is 0 Å². The Hall–Kier alpha value is -4.04. The Morgan fingerprint density at radius 2 is 1.71 bits per heavy atom. The maximum atomic E-state index is 13.5. The molecule has 0 bridgehead atoms. The molecule has 7 nitrogen and oxygen atoms in total. The van der Waals surface area contributed by atoms with E-state index >= 15 is 0 Å². The average molecular weight is 488 g/mol. The molecule has 1 fully saturated rings. The lowest BCUT2D eigenvalue weighted by molar-refractivity contribution is -0.122. The van der Waals surface area contributed by atoms with Crippen molar-refractivity contribution in [3.05, 3.63) is 87.2 Å². The molecule has 0 unspecified atom stereocenters. The molecule has 2 aromatic carbocycles. The Bertz CT molecular complexity index is 1470. The first-order valence-electron chi connectivity index (χ1n) is 11.0. The Morgan fingerprint density at radius 1 is 1.00 bits per heavy atom. The largest absolute Gasteiger partial charge is 0.478 e. The summed E-state index contributed by atoms with van der Waals surface area (Å²) in [6, 6.07) is 12.6. The van der Waals surface area contributed by atoms with Crippen molar-refractivity contribution in [2.75, 3.05) is 4.90 Å². The molecule has 0 atom stereocenters. The van der Waals surface area contributed by atoms with E-state index in [1.54, 1.807) is 25.1 Å². The minimum Gasteiger partial charge on any atom is -0.478 e. The number of carboxylic acids is 1. The van der Waals surface area contributed by atoms with Gasteiger partial charge >= 0.3 is 5.97 Å². The van der Waals surface area contributed by atoms with Crippen LogP contribution in [0.3, 0.4) is 0 Å². The number of amides is 2. The maximum absolute atomic E-state index is 13.5. The Kier molecular flexibility index (Phi) is 6.17. The first-order valence-corrected chi connectivity index (χ1v) is 11.4. The SMILES string of the molecule is Cc1ccc(N2C(=O)/C(=C/c3cc(C)n(-c4cccc(C(=O)O)c4C)c3C)C(=O)NC2=S)c(C)c1. The summed E-state index contributed by atoms with van der Waals surface area (Å²) in [5, 5.41) is 12.2. The number of aryl methyl sites for hydroxylation is 3. The second kappa shape index (κ2) is 8.96. The molecule has 0 saturated carbocycles. The number of nitrogens with zero attached hydrogens (tertiary/aromatic N) is 2. The highest BCUT2D eigenvalue weighted by Crippen LogP contribution is 2.29. The molecule has 0 spiro atoms. The standard InChI is InChI=1S/C27H25N3O4S/c1-14-9-10-22(15(2)11-14)30-25(32)21(24(31)28-27(30)35)13-19-12-16(3)29(18(19)5)23-8-6-7-20(17(23)4)26(33)34/h6-13H,1-5H3,(H,33,34)(H,28,31,35)/b21-13+. The van der Waals surface area contributed by atoms with Crippen LogP contribution in [0.15, 0.2) is 48.0 Å². The van der Waals surface area contributed by atoms with Gasteiger partial charge in [-0.3, -0.25) is 19.8 Å². The predicted octanol–water partition coefficient (Wildman–Crippen LogP) is 4.55. The summed E-state index contributed by atoms with van der Waals surface area (Å²) in [6.45, 7) is 9.37. The van der Waals surface area contributed by atoms with Crippen LogP contribution in [0.2, 0.25) is 0 Å². The van der Waals surface area contributed by atoms with Gasteiger partial charge in [-0.1, -0.05) is 23.8 Å². The Labute approximate surface area is 208 Å².